The highest BCUT2D eigenvalue weighted by Crippen LogP contribution is 2.29. The molecule has 0 aliphatic rings. The summed E-state index contributed by atoms with van der Waals surface area (Å²) < 4.78 is 32.5. The Hall–Kier alpha value is -3.20. The number of hydrogen-bond acceptors (Lipinski definition) is 5. The zero-order chi connectivity index (χ0) is 25.3. The van der Waals surface area contributed by atoms with Crippen LogP contribution in [0.15, 0.2) is 49.8 Å². The Morgan fingerprint density at radius 3 is 2.47 bits per heavy atom. The second-order valence-electron chi connectivity index (χ2n) is 7.62. The Bertz CT molecular complexity index is 1130. The molecule has 0 aliphatic carbocycles. The van der Waals surface area contributed by atoms with Crippen LogP contribution in [-0.4, -0.2) is 34.2 Å². The Kier molecular flexibility index (Phi) is 10.2. The summed E-state index contributed by atoms with van der Waals surface area (Å²) in [5.74, 6) is 0.790. The summed E-state index contributed by atoms with van der Waals surface area (Å²) in [6.45, 7) is 17.3. The molecule has 0 radical (unpaired) electrons. The highest BCUT2D eigenvalue weighted by atomic mass is 32.2. The van der Waals surface area contributed by atoms with Crippen LogP contribution in [0, 0.1) is 12.7 Å². The van der Waals surface area contributed by atoms with E-state index in [0.29, 0.717) is 30.1 Å². The maximum absolute atomic E-state index is 15.0. The van der Waals surface area contributed by atoms with Crippen molar-refractivity contribution in [2.45, 2.75) is 58.6 Å². The van der Waals surface area contributed by atoms with Gasteiger partial charge in [-0.15, -0.1) is 16.8 Å². The first-order valence-corrected chi connectivity index (χ1v) is 12.5. The van der Waals surface area contributed by atoms with E-state index in [4.69, 9.17) is 0 Å². The van der Waals surface area contributed by atoms with Gasteiger partial charge in [-0.05, 0) is 31.9 Å². The normalized spacial score (nSPS) is 13.2. The minimum atomic E-state index is -1.55. The molecule has 182 valence electrons. The maximum atomic E-state index is 15.0. The number of aryl methyl sites for hydroxylation is 1. The first kappa shape index (κ1) is 27.0. The van der Waals surface area contributed by atoms with Gasteiger partial charge in [0.15, 0.2) is 0 Å². The van der Waals surface area contributed by atoms with Gasteiger partial charge < -0.3 is 0 Å². The van der Waals surface area contributed by atoms with Gasteiger partial charge in [-0.3, -0.25) is 9.29 Å². The number of allylic oxidation sites excluding steroid dienone is 1. The van der Waals surface area contributed by atoms with Crippen molar-refractivity contribution >= 4 is 23.0 Å². The fourth-order valence-corrected chi connectivity index (χ4v) is 4.05. The maximum Gasteiger partial charge on any atom is 0.241 e. The zero-order valence-electron chi connectivity index (χ0n) is 20.5. The smallest absolute Gasteiger partial charge is 0.241 e. The third-order valence-corrected chi connectivity index (χ3v) is 6.25. The molecule has 1 aromatic carbocycles. The molecule has 0 spiro atoms. The van der Waals surface area contributed by atoms with Gasteiger partial charge in [0.25, 0.3) is 0 Å². The second-order valence-corrected chi connectivity index (χ2v) is 9.22. The topological polar surface area (TPSA) is 85.6 Å². The van der Waals surface area contributed by atoms with E-state index in [2.05, 4.69) is 38.0 Å². The molecule has 0 bridgehead atoms. The van der Waals surface area contributed by atoms with E-state index in [1.807, 2.05) is 34.6 Å². The minimum Gasteiger partial charge on any atom is -0.273 e. The van der Waals surface area contributed by atoms with E-state index in [-0.39, 0.29) is 22.8 Å². The molecule has 3 aromatic rings. The number of anilines is 1. The van der Waals surface area contributed by atoms with Crippen molar-refractivity contribution in [2.75, 3.05) is 4.72 Å². The van der Waals surface area contributed by atoms with Crippen molar-refractivity contribution in [3.63, 3.8) is 0 Å². The van der Waals surface area contributed by atoms with Gasteiger partial charge in [-0.1, -0.05) is 51.6 Å². The van der Waals surface area contributed by atoms with Crippen molar-refractivity contribution in [3.05, 3.63) is 78.4 Å². The Morgan fingerprint density at radius 1 is 1.18 bits per heavy atom. The summed E-state index contributed by atoms with van der Waals surface area (Å²) in [5.41, 5.74) is 1.79. The first-order chi connectivity index (χ1) is 16.3. The van der Waals surface area contributed by atoms with Gasteiger partial charge in [0.1, 0.15) is 28.5 Å². The van der Waals surface area contributed by atoms with Gasteiger partial charge in [0.2, 0.25) is 5.95 Å². The molecule has 0 saturated carbocycles. The molecule has 2 aromatic heterocycles. The quantitative estimate of drug-likeness (QED) is 0.381. The molecule has 3 unspecified atom stereocenters. The number of hydrogen-bond donors (Lipinski definition) is 1. The van der Waals surface area contributed by atoms with E-state index in [1.54, 1.807) is 41.2 Å². The number of nitrogens with zero attached hydrogens (tertiary/aromatic N) is 5. The number of para-hydroxylation sites is 1. The number of halogens is 1. The van der Waals surface area contributed by atoms with Crippen LogP contribution in [0.5, 0.6) is 0 Å². The average Bonchev–Trinajstić information content (AvgIpc) is 3.24. The average molecular weight is 485 g/mol. The van der Waals surface area contributed by atoms with Crippen LogP contribution in [0.1, 0.15) is 62.8 Å². The Morgan fingerprint density at radius 2 is 1.85 bits per heavy atom. The lowest BCUT2D eigenvalue weighted by atomic mass is 10.1. The summed E-state index contributed by atoms with van der Waals surface area (Å²) in [6, 6.07) is 4.73. The van der Waals surface area contributed by atoms with Gasteiger partial charge in [-0.2, -0.15) is 0 Å². The fourth-order valence-electron chi connectivity index (χ4n) is 3.24. The van der Waals surface area contributed by atoms with Crippen molar-refractivity contribution < 1.29 is 8.60 Å². The molecule has 0 amide bonds. The largest absolute Gasteiger partial charge is 0.273 e. The zero-order valence-corrected chi connectivity index (χ0v) is 21.3. The molecule has 0 fully saturated rings. The summed E-state index contributed by atoms with van der Waals surface area (Å²) in [6.07, 6.45) is 7.83. The Balaban J connectivity index is 0.00000199. The van der Waals surface area contributed by atoms with Gasteiger partial charge in [0.05, 0.1) is 10.9 Å². The molecule has 0 saturated heterocycles. The standard InChI is InChI=1S/C23H27FN6OS.C2H6/c1-6-9-16(4)22-27-28-23(30(22)21-18(7-2)10-8-11-19(21)24)29-32(31)17(5)12-20-25-13-15(3)14-26-20;1-2/h6-8,10-11,13-14,16-17H,1-2,9,12H2,3-5H3,(H,28,29);1-2H3. The summed E-state index contributed by atoms with van der Waals surface area (Å²) in [7, 11) is -1.55. The number of benzene rings is 1. The molecule has 3 rings (SSSR count). The van der Waals surface area contributed by atoms with Crippen LogP contribution in [-0.2, 0) is 17.4 Å². The van der Waals surface area contributed by atoms with Crippen molar-refractivity contribution in [1.82, 2.24) is 24.7 Å². The van der Waals surface area contributed by atoms with Crippen LogP contribution in [0.4, 0.5) is 10.3 Å². The van der Waals surface area contributed by atoms with Crippen LogP contribution < -0.4 is 4.72 Å². The van der Waals surface area contributed by atoms with Crippen LogP contribution in [0.3, 0.4) is 0 Å². The molecule has 9 heteroatoms. The lowest BCUT2D eigenvalue weighted by Crippen LogP contribution is -2.23. The van der Waals surface area contributed by atoms with Gasteiger partial charge in [0, 0.05) is 30.3 Å². The lowest BCUT2D eigenvalue weighted by Gasteiger charge is -2.18. The highest BCUT2D eigenvalue weighted by Gasteiger charge is 2.24. The van der Waals surface area contributed by atoms with Gasteiger partial charge >= 0.3 is 0 Å². The van der Waals surface area contributed by atoms with Crippen molar-refractivity contribution in [2.24, 2.45) is 0 Å². The van der Waals surface area contributed by atoms with Crippen molar-refractivity contribution in [3.8, 4) is 5.69 Å². The molecule has 0 aliphatic heterocycles. The van der Waals surface area contributed by atoms with E-state index >= 15 is 0 Å². The predicted molar refractivity (Wildman–Crippen MR) is 138 cm³/mol. The molecule has 3 atom stereocenters. The third-order valence-electron chi connectivity index (χ3n) is 4.97. The molecule has 2 heterocycles. The van der Waals surface area contributed by atoms with E-state index in [0.717, 1.165) is 5.56 Å². The van der Waals surface area contributed by atoms with Crippen molar-refractivity contribution in [1.29, 1.82) is 0 Å². The van der Waals surface area contributed by atoms with E-state index in [1.165, 1.54) is 6.07 Å². The molecule has 7 nitrogen and oxygen atoms in total. The monoisotopic (exact) mass is 484 g/mol. The summed E-state index contributed by atoms with van der Waals surface area (Å²) in [4.78, 5) is 8.56. The number of rotatable bonds is 10. The number of nitrogens with one attached hydrogen (secondary N) is 1. The SMILES string of the molecule is C=CCC(C)c1nnc(NS(=O)C(C)Cc2ncc(C)cn2)n1-c1c(F)cccc1C=C.CC. The van der Waals surface area contributed by atoms with Gasteiger partial charge in [-0.25, -0.2) is 18.6 Å². The lowest BCUT2D eigenvalue weighted by molar-refractivity contribution is 0.608. The molecular formula is C25H33FN6OS. The van der Waals surface area contributed by atoms with Crippen LogP contribution in [0.25, 0.3) is 11.8 Å². The van der Waals surface area contributed by atoms with E-state index in [9.17, 15) is 8.60 Å². The molecule has 1 N–H and O–H groups in total. The third kappa shape index (κ3) is 6.44. The van der Waals surface area contributed by atoms with Crippen LogP contribution >= 0.6 is 0 Å². The number of aromatic nitrogens is 5. The minimum absolute atomic E-state index is 0.0837. The van der Waals surface area contributed by atoms with E-state index < -0.39 is 16.8 Å². The Labute approximate surface area is 203 Å². The highest BCUT2D eigenvalue weighted by molar-refractivity contribution is 7.86. The first-order valence-electron chi connectivity index (χ1n) is 11.3. The molecular weight excluding hydrogens is 451 g/mol. The summed E-state index contributed by atoms with van der Waals surface area (Å²) >= 11 is 0. The summed E-state index contributed by atoms with van der Waals surface area (Å²) in [5, 5.41) is 8.15. The molecule has 34 heavy (non-hydrogen) atoms. The fraction of sp³-hybridized carbons (Fsp3) is 0.360. The second kappa shape index (κ2) is 12.9. The predicted octanol–water partition coefficient (Wildman–Crippen LogP) is 5.56. The van der Waals surface area contributed by atoms with Crippen LogP contribution in [0.2, 0.25) is 0 Å².